The molecule has 4 aliphatic rings. The van der Waals surface area contributed by atoms with Crippen LogP contribution in [0.3, 0.4) is 0 Å². The fourth-order valence-electron chi connectivity index (χ4n) is 4.59. The fourth-order valence-corrected chi connectivity index (χ4v) is 5.89. The first-order valence-electron chi connectivity index (χ1n) is 10.7. The lowest BCUT2D eigenvalue weighted by molar-refractivity contribution is -0.149. The van der Waals surface area contributed by atoms with Gasteiger partial charge < -0.3 is 9.80 Å². The molecule has 9 heteroatoms. The number of carbonyl (C=O) groups is 2. The molecule has 4 fully saturated rings. The zero-order chi connectivity index (χ0) is 19.7. The Kier molecular flexibility index (Phi) is 6.17. The third kappa shape index (κ3) is 4.64. The Morgan fingerprint density at radius 3 is 2.21 bits per heavy atom. The molecule has 2 amide bonds. The second kappa shape index (κ2) is 8.47. The van der Waals surface area contributed by atoms with Crippen molar-refractivity contribution in [3.8, 4) is 0 Å². The molecule has 0 aromatic carbocycles. The van der Waals surface area contributed by atoms with Crippen LogP contribution in [0.2, 0.25) is 0 Å². The quantitative estimate of drug-likeness (QED) is 0.700. The van der Waals surface area contributed by atoms with E-state index in [1.54, 1.807) is 4.90 Å². The van der Waals surface area contributed by atoms with Crippen molar-refractivity contribution >= 4 is 22.4 Å². The van der Waals surface area contributed by atoms with Gasteiger partial charge in [0.05, 0.1) is 24.0 Å². The third-order valence-electron chi connectivity index (χ3n) is 6.84. The van der Waals surface area contributed by atoms with Crippen LogP contribution in [-0.2, 0) is 9.59 Å². The first-order valence-corrected chi connectivity index (χ1v) is 12.6. The molecule has 1 aliphatic carbocycles. The number of hydrogen-bond acceptors (Lipinski definition) is 6. The van der Waals surface area contributed by atoms with Gasteiger partial charge in [-0.1, -0.05) is 6.42 Å². The summed E-state index contributed by atoms with van der Waals surface area (Å²) in [6, 6.07) is 0.741. The molecule has 3 saturated heterocycles. The van der Waals surface area contributed by atoms with Crippen LogP contribution in [0.4, 0.5) is 0 Å². The van der Waals surface area contributed by atoms with E-state index < -0.39 is 10.6 Å². The van der Waals surface area contributed by atoms with Crippen LogP contribution in [0.1, 0.15) is 25.7 Å². The van der Waals surface area contributed by atoms with Crippen LogP contribution >= 0.6 is 10.6 Å². The van der Waals surface area contributed by atoms with Crippen LogP contribution in [0.15, 0.2) is 0 Å². The minimum Gasteiger partial charge on any atom is -0.341 e. The average Bonchev–Trinajstić information content (AvgIpc) is 2.80. The van der Waals surface area contributed by atoms with Gasteiger partial charge in [0.1, 0.15) is 0 Å². The van der Waals surface area contributed by atoms with Crippen LogP contribution in [0.5, 0.6) is 0 Å². The zero-order valence-electron chi connectivity index (χ0n) is 16.7. The molecule has 2 N–H and O–H groups in total. The van der Waals surface area contributed by atoms with Gasteiger partial charge in [-0.25, -0.2) is 0 Å². The van der Waals surface area contributed by atoms with E-state index in [1.165, 1.54) is 19.3 Å². The summed E-state index contributed by atoms with van der Waals surface area (Å²) in [4.78, 5) is 33.6. The summed E-state index contributed by atoms with van der Waals surface area (Å²) in [5, 5.41) is 0. The minimum absolute atomic E-state index is 0.0486. The van der Waals surface area contributed by atoms with Crippen molar-refractivity contribution in [1.29, 1.82) is 0 Å². The summed E-state index contributed by atoms with van der Waals surface area (Å²) in [6.07, 6.45) is 5.01. The van der Waals surface area contributed by atoms with E-state index in [0.717, 1.165) is 38.6 Å². The molecular weight excluding hydrogens is 380 g/mol. The van der Waals surface area contributed by atoms with Gasteiger partial charge in [0.15, 0.2) is 0 Å². The molecule has 0 radical (unpaired) electrons. The van der Waals surface area contributed by atoms with Gasteiger partial charge in [0, 0.05) is 58.4 Å². The monoisotopic (exact) mass is 414 g/mol. The highest BCUT2D eigenvalue weighted by atomic mass is 32.3. The van der Waals surface area contributed by atoms with Gasteiger partial charge in [-0.3, -0.25) is 28.5 Å². The molecular formula is C19H34N4O4S. The van der Waals surface area contributed by atoms with Crippen LogP contribution in [0, 0.1) is 5.92 Å². The van der Waals surface area contributed by atoms with E-state index in [4.69, 9.17) is 0 Å². The lowest BCUT2D eigenvalue weighted by Gasteiger charge is -2.43. The lowest BCUT2D eigenvalue weighted by atomic mass is 9.91. The summed E-state index contributed by atoms with van der Waals surface area (Å²) in [6.45, 7) is 6.23. The van der Waals surface area contributed by atoms with Gasteiger partial charge in [0.2, 0.25) is 11.8 Å². The Hall–Kier alpha value is -0.870. The van der Waals surface area contributed by atoms with Crippen molar-refractivity contribution < 1.29 is 18.7 Å². The molecule has 0 spiro atoms. The van der Waals surface area contributed by atoms with E-state index >= 15 is 0 Å². The van der Waals surface area contributed by atoms with E-state index in [0.29, 0.717) is 44.2 Å². The highest BCUT2D eigenvalue weighted by Crippen LogP contribution is 2.40. The van der Waals surface area contributed by atoms with Crippen molar-refractivity contribution in [3.63, 3.8) is 0 Å². The van der Waals surface area contributed by atoms with Crippen LogP contribution in [-0.4, -0.2) is 117 Å². The second-order valence-electron chi connectivity index (χ2n) is 8.78. The molecule has 3 aliphatic heterocycles. The average molecular weight is 415 g/mol. The van der Waals surface area contributed by atoms with Crippen molar-refractivity contribution in [2.45, 2.75) is 31.7 Å². The maximum Gasteiger partial charge on any atom is 0.236 e. The van der Waals surface area contributed by atoms with E-state index in [-0.39, 0.29) is 17.7 Å². The maximum atomic E-state index is 12.8. The topological polar surface area (TPSA) is 87.6 Å². The zero-order valence-corrected chi connectivity index (χ0v) is 17.5. The SMILES string of the molecule is O=C(CN1CCS(O)(O)CC1)N1CC(C(=O)N2CCCN(C3CCC3)CC2)C1. The van der Waals surface area contributed by atoms with Gasteiger partial charge in [-0.15, -0.1) is 0 Å². The van der Waals surface area contributed by atoms with Crippen LogP contribution in [0.25, 0.3) is 0 Å². The lowest BCUT2D eigenvalue weighted by Crippen LogP contribution is -2.59. The highest BCUT2D eigenvalue weighted by molar-refractivity contribution is 8.24. The molecule has 1 saturated carbocycles. The Balaban J connectivity index is 1.18. The maximum absolute atomic E-state index is 12.8. The first kappa shape index (κ1) is 20.4. The number of rotatable bonds is 4. The van der Waals surface area contributed by atoms with Crippen molar-refractivity contribution in [1.82, 2.24) is 19.6 Å². The molecule has 4 rings (SSSR count). The molecule has 0 aromatic rings. The van der Waals surface area contributed by atoms with Crippen molar-refractivity contribution in [2.24, 2.45) is 5.92 Å². The number of carbonyl (C=O) groups excluding carboxylic acids is 2. The summed E-state index contributed by atoms with van der Waals surface area (Å²) in [7, 11) is -2.43. The van der Waals surface area contributed by atoms with Crippen LogP contribution < -0.4 is 0 Å². The second-order valence-corrected chi connectivity index (χ2v) is 11.2. The van der Waals surface area contributed by atoms with Crippen molar-refractivity contribution in [2.75, 3.05) is 70.4 Å². The molecule has 0 atom stereocenters. The standard InChI is InChI=1S/C19H34N4O4S/c24-18(15-20-9-11-28(26,27)12-10-20)23-13-16(14-23)19(25)22-6-2-5-21(7-8-22)17-3-1-4-17/h16-17,26-27H,1-15H2. The Morgan fingerprint density at radius 1 is 0.857 bits per heavy atom. The number of hydrogen-bond donors (Lipinski definition) is 2. The number of likely N-dealkylation sites (tertiary alicyclic amines) is 1. The third-order valence-corrected chi connectivity index (χ3v) is 8.52. The predicted molar refractivity (Wildman–Crippen MR) is 110 cm³/mol. The van der Waals surface area contributed by atoms with Gasteiger partial charge >= 0.3 is 0 Å². The molecule has 0 bridgehead atoms. The largest absolute Gasteiger partial charge is 0.341 e. The summed E-state index contributed by atoms with van der Waals surface area (Å²) < 4.78 is 19.3. The Bertz CT molecular complexity index is 584. The molecule has 0 aromatic heterocycles. The number of amides is 2. The van der Waals surface area contributed by atoms with Gasteiger partial charge in [-0.05, 0) is 19.3 Å². The van der Waals surface area contributed by atoms with E-state index in [9.17, 15) is 18.7 Å². The predicted octanol–water partition coefficient (Wildman–Crippen LogP) is 0.598. The fraction of sp³-hybridized carbons (Fsp3) is 0.895. The summed E-state index contributed by atoms with van der Waals surface area (Å²) >= 11 is 0. The van der Waals surface area contributed by atoms with Gasteiger partial charge in [0.25, 0.3) is 0 Å². The normalized spacial score (nSPS) is 28.9. The van der Waals surface area contributed by atoms with Crippen molar-refractivity contribution in [3.05, 3.63) is 0 Å². The van der Waals surface area contributed by atoms with E-state index in [1.807, 2.05) is 9.80 Å². The molecule has 0 unspecified atom stereocenters. The Labute approximate surface area is 169 Å². The molecule has 8 nitrogen and oxygen atoms in total. The molecule has 160 valence electrons. The smallest absolute Gasteiger partial charge is 0.236 e. The number of nitrogens with zero attached hydrogens (tertiary/aromatic N) is 4. The first-order chi connectivity index (χ1) is 13.4. The van der Waals surface area contributed by atoms with E-state index in [2.05, 4.69) is 4.90 Å². The summed E-state index contributed by atoms with van der Waals surface area (Å²) in [5.41, 5.74) is 0. The highest BCUT2D eigenvalue weighted by Gasteiger charge is 2.39. The molecule has 3 heterocycles. The van der Waals surface area contributed by atoms with Gasteiger partial charge in [-0.2, -0.15) is 10.6 Å². The minimum atomic E-state index is -2.43. The summed E-state index contributed by atoms with van der Waals surface area (Å²) in [5.74, 6) is 0.927. The molecule has 28 heavy (non-hydrogen) atoms. The Morgan fingerprint density at radius 2 is 1.57 bits per heavy atom.